The molecule has 8 nitrogen and oxygen atoms in total. The Balaban J connectivity index is 1.37. The van der Waals surface area contributed by atoms with E-state index in [4.69, 9.17) is 0 Å². The summed E-state index contributed by atoms with van der Waals surface area (Å²) in [6.07, 6.45) is 6.00. The van der Waals surface area contributed by atoms with Gasteiger partial charge < -0.3 is 20.0 Å². The van der Waals surface area contributed by atoms with Crippen LogP contribution >= 0.6 is 0 Å². The van der Waals surface area contributed by atoms with E-state index in [1.54, 1.807) is 23.4 Å². The van der Waals surface area contributed by atoms with E-state index in [-0.39, 0.29) is 11.9 Å². The van der Waals surface area contributed by atoms with Crippen LogP contribution in [0.15, 0.2) is 18.5 Å². The third-order valence-electron chi connectivity index (χ3n) is 4.48. The molecular weight excluding hydrogens is 308 g/mol. The minimum Gasteiger partial charge on any atom is -0.343 e. The molecular formula is C16H24N6O2. The number of carbonyl (C=O) groups is 2. The Kier molecular flexibility index (Phi) is 5.45. The fraction of sp³-hybridized carbons (Fsp3) is 0.625. The van der Waals surface area contributed by atoms with Crippen molar-refractivity contribution in [3.63, 3.8) is 0 Å². The maximum Gasteiger partial charge on any atom is 0.317 e. The lowest BCUT2D eigenvalue weighted by molar-refractivity contribution is -0.129. The fourth-order valence-corrected chi connectivity index (χ4v) is 3.08. The molecule has 3 rings (SSSR count). The molecule has 2 fully saturated rings. The number of piperazine rings is 1. The van der Waals surface area contributed by atoms with E-state index >= 15 is 0 Å². The van der Waals surface area contributed by atoms with E-state index in [1.807, 2.05) is 4.90 Å². The lowest BCUT2D eigenvalue weighted by Gasteiger charge is -2.34. The molecule has 24 heavy (non-hydrogen) atoms. The zero-order valence-electron chi connectivity index (χ0n) is 13.9. The van der Waals surface area contributed by atoms with Crippen molar-refractivity contribution in [1.29, 1.82) is 0 Å². The van der Waals surface area contributed by atoms with E-state index in [0.717, 1.165) is 25.9 Å². The van der Waals surface area contributed by atoms with Gasteiger partial charge in [0.2, 0.25) is 11.9 Å². The highest BCUT2D eigenvalue weighted by Gasteiger charge is 2.23. The summed E-state index contributed by atoms with van der Waals surface area (Å²) in [4.78, 5) is 38.3. The number of hydrogen-bond donors (Lipinski definition) is 1. The summed E-state index contributed by atoms with van der Waals surface area (Å²) < 4.78 is 0. The third kappa shape index (κ3) is 4.12. The first-order valence-corrected chi connectivity index (χ1v) is 8.56. The minimum absolute atomic E-state index is 0.0992. The van der Waals surface area contributed by atoms with E-state index in [0.29, 0.717) is 45.1 Å². The predicted octanol–water partition coefficient (Wildman–Crippen LogP) is 0.321. The van der Waals surface area contributed by atoms with E-state index in [2.05, 4.69) is 20.2 Å². The standard InChI is InChI=1S/C16H24N6O2/c23-14(20-8-1-2-9-20)4-7-19-16(24)22-12-10-21(11-13-22)15-17-5-3-6-18-15/h3,5-6H,1-2,4,7-13H2,(H,19,24). The Hall–Kier alpha value is -2.38. The summed E-state index contributed by atoms with van der Waals surface area (Å²) in [7, 11) is 0. The van der Waals surface area contributed by atoms with Gasteiger partial charge in [0.1, 0.15) is 0 Å². The summed E-state index contributed by atoms with van der Waals surface area (Å²) in [5, 5.41) is 2.85. The van der Waals surface area contributed by atoms with Crippen LogP contribution in [-0.4, -0.2) is 77.5 Å². The van der Waals surface area contributed by atoms with Gasteiger partial charge in [-0.15, -0.1) is 0 Å². The predicted molar refractivity (Wildman–Crippen MR) is 89.6 cm³/mol. The second-order valence-electron chi connectivity index (χ2n) is 6.09. The molecule has 0 aliphatic carbocycles. The average molecular weight is 332 g/mol. The Morgan fingerprint density at radius 3 is 2.29 bits per heavy atom. The second kappa shape index (κ2) is 7.94. The zero-order chi connectivity index (χ0) is 16.8. The van der Waals surface area contributed by atoms with Gasteiger partial charge >= 0.3 is 6.03 Å². The molecule has 2 aliphatic rings. The fourth-order valence-electron chi connectivity index (χ4n) is 3.08. The van der Waals surface area contributed by atoms with Crippen LogP contribution in [-0.2, 0) is 4.79 Å². The first kappa shape index (κ1) is 16.5. The number of anilines is 1. The molecule has 2 aliphatic heterocycles. The minimum atomic E-state index is -0.0992. The Labute approximate surface area is 141 Å². The number of carbonyl (C=O) groups excluding carboxylic acids is 2. The van der Waals surface area contributed by atoms with E-state index in [1.165, 1.54) is 0 Å². The summed E-state index contributed by atoms with van der Waals surface area (Å²) in [6.45, 7) is 4.80. The van der Waals surface area contributed by atoms with Crippen LogP contribution in [0.25, 0.3) is 0 Å². The zero-order valence-corrected chi connectivity index (χ0v) is 13.9. The van der Waals surface area contributed by atoms with Crippen molar-refractivity contribution in [2.24, 2.45) is 0 Å². The van der Waals surface area contributed by atoms with Gasteiger partial charge in [-0.2, -0.15) is 0 Å². The van der Waals surface area contributed by atoms with Crippen LogP contribution in [0.2, 0.25) is 0 Å². The summed E-state index contributed by atoms with van der Waals surface area (Å²) in [6, 6.07) is 1.69. The SMILES string of the molecule is O=C(CCNC(=O)N1CCN(c2ncccn2)CC1)N1CCCC1. The molecule has 3 amide bonds. The topological polar surface area (TPSA) is 81.7 Å². The van der Waals surface area contributed by atoms with Gasteiger partial charge in [-0.25, -0.2) is 14.8 Å². The number of nitrogens with one attached hydrogen (secondary N) is 1. The number of amides is 3. The van der Waals surface area contributed by atoms with Gasteiger partial charge in [0.25, 0.3) is 0 Å². The van der Waals surface area contributed by atoms with Crippen molar-refractivity contribution < 1.29 is 9.59 Å². The third-order valence-corrected chi connectivity index (χ3v) is 4.48. The van der Waals surface area contributed by atoms with E-state index < -0.39 is 0 Å². The molecule has 0 aromatic carbocycles. The summed E-state index contributed by atoms with van der Waals surface area (Å²) in [5.74, 6) is 0.840. The first-order valence-electron chi connectivity index (χ1n) is 8.56. The molecule has 1 aromatic rings. The number of urea groups is 1. The van der Waals surface area contributed by atoms with Crippen molar-refractivity contribution in [2.75, 3.05) is 50.7 Å². The molecule has 0 radical (unpaired) electrons. The van der Waals surface area contributed by atoms with Gasteiger partial charge in [-0.1, -0.05) is 0 Å². The quantitative estimate of drug-likeness (QED) is 0.859. The van der Waals surface area contributed by atoms with Gasteiger partial charge in [0.05, 0.1) is 0 Å². The van der Waals surface area contributed by atoms with Crippen LogP contribution < -0.4 is 10.2 Å². The van der Waals surface area contributed by atoms with Crippen LogP contribution in [0.3, 0.4) is 0 Å². The van der Waals surface area contributed by atoms with Crippen molar-refractivity contribution in [3.05, 3.63) is 18.5 Å². The molecule has 3 heterocycles. The van der Waals surface area contributed by atoms with Crippen molar-refractivity contribution >= 4 is 17.9 Å². The second-order valence-corrected chi connectivity index (χ2v) is 6.09. The molecule has 0 atom stereocenters. The van der Waals surface area contributed by atoms with Crippen molar-refractivity contribution in [3.8, 4) is 0 Å². The van der Waals surface area contributed by atoms with E-state index in [9.17, 15) is 9.59 Å². The summed E-state index contributed by atoms with van der Waals surface area (Å²) in [5.41, 5.74) is 0. The molecule has 0 saturated carbocycles. The Morgan fingerprint density at radius 2 is 1.62 bits per heavy atom. The molecule has 0 bridgehead atoms. The van der Waals surface area contributed by atoms with Gasteiger partial charge in [-0.3, -0.25) is 4.79 Å². The maximum atomic E-state index is 12.2. The van der Waals surface area contributed by atoms with Crippen LogP contribution in [0, 0.1) is 0 Å². The van der Waals surface area contributed by atoms with Crippen LogP contribution in [0.5, 0.6) is 0 Å². The number of nitrogens with zero attached hydrogens (tertiary/aromatic N) is 5. The lowest BCUT2D eigenvalue weighted by atomic mass is 10.3. The highest BCUT2D eigenvalue weighted by molar-refractivity contribution is 5.78. The smallest absolute Gasteiger partial charge is 0.317 e. The number of likely N-dealkylation sites (tertiary alicyclic amines) is 1. The molecule has 8 heteroatoms. The highest BCUT2D eigenvalue weighted by Crippen LogP contribution is 2.10. The van der Waals surface area contributed by atoms with Gasteiger partial charge in [-0.05, 0) is 18.9 Å². The van der Waals surface area contributed by atoms with Crippen molar-refractivity contribution in [2.45, 2.75) is 19.3 Å². The molecule has 0 unspecified atom stereocenters. The highest BCUT2D eigenvalue weighted by atomic mass is 16.2. The molecule has 130 valence electrons. The lowest BCUT2D eigenvalue weighted by Crippen LogP contribution is -2.52. The monoisotopic (exact) mass is 332 g/mol. The largest absolute Gasteiger partial charge is 0.343 e. The molecule has 1 N–H and O–H groups in total. The summed E-state index contributed by atoms with van der Waals surface area (Å²) >= 11 is 0. The maximum absolute atomic E-state index is 12.2. The Morgan fingerprint density at radius 1 is 0.958 bits per heavy atom. The molecule has 1 aromatic heterocycles. The van der Waals surface area contributed by atoms with Crippen molar-refractivity contribution in [1.82, 2.24) is 25.1 Å². The molecule has 0 spiro atoms. The average Bonchev–Trinajstić information content (AvgIpc) is 3.17. The van der Waals surface area contributed by atoms with Crippen LogP contribution in [0.1, 0.15) is 19.3 Å². The molecule has 2 saturated heterocycles. The normalized spacial score (nSPS) is 17.9. The van der Waals surface area contributed by atoms with Gasteiger partial charge in [0.15, 0.2) is 0 Å². The number of aromatic nitrogens is 2. The first-order chi connectivity index (χ1) is 11.7. The van der Waals surface area contributed by atoms with Gasteiger partial charge in [0, 0.05) is 64.6 Å². The Bertz CT molecular complexity index is 553. The number of rotatable bonds is 4. The van der Waals surface area contributed by atoms with Crippen LogP contribution in [0.4, 0.5) is 10.7 Å². The number of hydrogen-bond acceptors (Lipinski definition) is 5.